The lowest BCUT2D eigenvalue weighted by molar-refractivity contribution is 0.0956. The molecule has 100 valence electrons. The molecule has 17 heavy (non-hydrogen) atoms. The first-order chi connectivity index (χ1) is 8.24. The number of nitrogens with one attached hydrogen (secondary N) is 1. The zero-order chi connectivity index (χ0) is 12.5. The molecule has 0 spiro atoms. The summed E-state index contributed by atoms with van der Waals surface area (Å²) in [6.07, 6.45) is 3.66. The minimum atomic E-state index is 0.350. The van der Waals surface area contributed by atoms with Gasteiger partial charge in [-0.15, -0.1) is 0 Å². The van der Waals surface area contributed by atoms with Gasteiger partial charge in [-0.3, -0.25) is 0 Å². The van der Waals surface area contributed by atoms with Gasteiger partial charge in [-0.05, 0) is 38.4 Å². The van der Waals surface area contributed by atoms with Gasteiger partial charge < -0.3 is 19.7 Å². The highest BCUT2D eigenvalue weighted by atomic mass is 32.1. The molecule has 5 heteroatoms. The monoisotopic (exact) mass is 260 g/mol. The first kappa shape index (κ1) is 14.7. The molecule has 0 bridgehead atoms. The molecular formula is C12H24N2O2S. The molecule has 0 aromatic carbocycles. The largest absolute Gasteiger partial charge is 0.382 e. The van der Waals surface area contributed by atoms with E-state index in [1.54, 1.807) is 0 Å². The lowest BCUT2D eigenvalue weighted by Gasteiger charge is -2.23. The molecule has 0 amide bonds. The van der Waals surface area contributed by atoms with Gasteiger partial charge in [0.2, 0.25) is 0 Å². The highest BCUT2D eigenvalue weighted by molar-refractivity contribution is 7.80. The van der Waals surface area contributed by atoms with Crippen molar-refractivity contribution in [2.45, 2.75) is 32.3 Å². The Balaban J connectivity index is 2.05. The summed E-state index contributed by atoms with van der Waals surface area (Å²) in [7, 11) is 2.01. The SMILES string of the molecule is CCOCCCNC(=S)N(C)CC1CCCO1. The third-order valence-corrected chi connectivity index (χ3v) is 3.25. The summed E-state index contributed by atoms with van der Waals surface area (Å²) in [6.45, 7) is 6.23. The van der Waals surface area contributed by atoms with E-state index < -0.39 is 0 Å². The maximum atomic E-state index is 5.58. The summed E-state index contributed by atoms with van der Waals surface area (Å²) in [4.78, 5) is 2.06. The molecule has 1 saturated heterocycles. The molecule has 1 N–H and O–H groups in total. The van der Waals surface area contributed by atoms with E-state index >= 15 is 0 Å². The predicted molar refractivity (Wildman–Crippen MR) is 73.3 cm³/mol. The molecule has 1 aliphatic heterocycles. The smallest absolute Gasteiger partial charge is 0.168 e. The number of hydrogen-bond acceptors (Lipinski definition) is 3. The van der Waals surface area contributed by atoms with E-state index in [0.29, 0.717) is 6.10 Å². The predicted octanol–water partition coefficient (Wildman–Crippen LogP) is 1.40. The van der Waals surface area contributed by atoms with E-state index in [4.69, 9.17) is 21.7 Å². The Kier molecular flexibility index (Phi) is 7.48. The third kappa shape index (κ3) is 6.19. The normalized spacial score (nSPS) is 19.3. The number of thiocarbonyl (C=S) groups is 1. The van der Waals surface area contributed by atoms with Crippen LogP contribution >= 0.6 is 12.2 Å². The minimum absolute atomic E-state index is 0.350. The topological polar surface area (TPSA) is 33.7 Å². The highest BCUT2D eigenvalue weighted by Gasteiger charge is 2.18. The summed E-state index contributed by atoms with van der Waals surface area (Å²) in [5, 5.41) is 4.04. The van der Waals surface area contributed by atoms with Gasteiger partial charge in [0, 0.05) is 40.0 Å². The van der Waals surface area contributed by atoms with Crippen molar-refractivity contribution in [3.8, 4) is 0 Å². The van der Waals surface area contributed by atoms with Crippen LogP contribution < -0.4 is 5.32 Å². The fourth-order valence-electron chi connectivity index (χ4n) is 1.83. The van der Waals surface area contributed by atoms with Crippen molar-refractivity contribution >= 4 is 17.3 Å². The minimum Gasteiger partial charge on any atom is -0.382 e. The van der Waals surface area contributed by atoms with Crippen LogP contribution in [0.3, 0.4) is 0 Å². The summed E-state index contributed by atoms with van der Waals surface area (Å²) < 4.78 is 10.8. The van der Waals surface area contributed by atoms with Crippen LogP contribution in [-0.4, -0.2) is 56.1 Å². The van der Waals surface area contributed by atoms with Crippen molar-refractivity contribution in [1.82, 2.24) is 10.2 Å². The van der Waals surface area contributed by atoms with E-state index in [0.717, 1.165) is 50.9 Å². The summed E-state index contributed by atoms with van der Waals surface area (Å²) >= 11 is 5.31. The van der Waals surface area contributed by atoms with Gasteiger partial charge >= 0.3 is 0 Å². The summed E-state index contributed by atoms with van der Waals surface area (Å²) in [5.74, 6) is 0. The molecule has 1 aliphatic rings. The fourth-order valence-corrected chi connectivity index (χ4v) is 2.00. The highest BCUT2D eigenvalue weighted by Crippen LogP contribution is 2.12. The molecule has 1 fully saturated rings. The lowest BCUT2D eigenvalue weighted by Crippen LogP contribution is -2.41. The maximum Gasteiger partial charge on any atom is 0.168 e. The molecule has 1 atom stereocenters. The Hall–Kier alpha value is -0.390. The van der Waals surface area contributed by atoms with Crippen LogP contribution in [-0.2, 0) is 9.47 Å². The molecule has 0 aromatic rings. The average molecular weight is 260 g/mol. The Bertz CT molecular complexity index is 221. The van der Waals surface area contributed by atoms with Crippen LogP contribution in [0.1, 0.15) is 26.2 Å². The average Bonchev–Trinajstić information content (AvgIpc) is 2.81. The standard InChI is InChI=1S/C12H24N2O2S/c1-3-15-8-5-7-13-12(17)14(2)10-11-6-4-9-16-11/h11H,3-10H2,1-2H3,(H,13,17). The molecule has 0 saturated carbocycles. The summed E-state index contributed by atoms with van der Waals surface area (Å²) in [5.41, 5.74) is 0. The van der Waals surface area contributed by atoms with Crippen molar-refractivity contribution in [2.75, 3.05) is 40.0 Å². The van der Waals surface area contributed by atoms with Gasteiger partial charge in [-0.1, -0.05) is 0 Å². The van der Waals surface area contributed by atoms with Crippen LogP contribution in [0.15, 0.2) is 0 Å². The number of ether oxygens (including phenoxy) is 2. The zero-order valence-corrected chi connectivity index (χ0v) is 11.7. The number of nitrogens with zero attached hydrogens (tertiary/aromatic N) is 1. The molecule has 4 nitrogen and oxygen atoms in total. The van der Waals surface area contributed by atoms with Crippen molar-refractivity contribution in [2.24, 2.45) is 0 Å². The van der Waals surface area contributed by atoms with E-state index in [9.17, 15) is 0 Å². The summed E-state index contributed by atoms with van der Waals surface area (Å²) in [6, 6.07) is 0. The molecule has 0 aliphatic carbocycles. The molecular weight excluding hydrogens is 236 g/mol. The second kappa shape index (κ2) is 8.66. The van der Waals surface area contributed by atoms with E-state index in [1.165, 1.54) is 6.42 Å². The van der Waals surface area contributed by atoms with Gasteiger partial charge in [-0.25, -0.2) is 0 Å². The van der Waals surface area contributed by atoms with Crippen LogP contribution in [0.5, 0.6) is 0 Å². The second-order valence-corrected chi connectivity index (χ2v) is 4.68. The Morgan fingerprint density at radius 3 is 3.06 bits per heavy atom. The number of rotatable bonds is 7. The van der Waals surface area contributed by atoms with Crippen molar-refractivity contribution < 1.29 is 9.47 Å². The fraction of sp³-hybridized carbons (Fsp3) is 0.917. The van der Waals surface area contributed by atoms with Crippen LogP contribution in [0.2, 0.25) is 0 Å². The van der Waals surface area contributed by atoms with Gasteiger partial charge in [0.05, 0.1) is 6.10 Å². The Morgan fingerprint density at radius 2 is 2.41 bits per heavy atom. The van der Waals surface area contributed by atoms with Crippen molar-refractivity contribution in [3.63, 3.8) is 0 Å². The number of likely N-dealkylation sites (N-methyl/N-ethyl adjacent to an activating group) is 1. The van der Waals surface area contributed by atoms with Gasteiger partial charge in [-0.2, -0.15) is 0 Å². The first-order valence-electron chi connectivity index (χ1n) is 6.42. The first-order valence-corrected chi connectivity index (χ1v) is 6.83. The van der Waals surface area contributed by atoms with Crippen LogP contribution in [0.4, 0.5) is 0 Å². The molecule has 0 aromatic heterocycles. The number of hydrogen-bond donors (Lipinski definition) is 1. The van der Waals surface area contributed by atoms with Crippen LogP contribution in [0.25, 0.3) is 0 Å². The quantitative estimate of drug-likeness (QED) is 0.553. The third-order valence-electron chi connectivity index (χ3n) is 2.79. The van der Waals surface area contributed by atoms with Gasteiger partial charge in [0.1, 0.15) is 0 Å². The Morgan fingerprint density at radius 1 is 1.59 bits per heavy atom. The van der Waals surface area contributed by atoms with E-state index in [2.05, 4.69) is 10.2 Å². The van der Waals surface area contributed by atoms with Crippen molar-refractivity contribution in [1.29, 1.82) is 0 Å². The van der Waals surface area contributed by atoms with Crippen LogP contribution in [0, 0.1) is 0 Å². The van der Waals surface area contributed by atoms with Gasteiger partial charge in [0.25, 0.3) is 0 Å². The lowest BCUT2D eigenvalue weighted by atomic mass is 10.2. The zero-order valence-electron chi connectivity index (χ0n) is 10.9. The molecule has 1 heterocycles. The van der Waals surface area contributed by atoms with Gasteiger partial charge in [0.15, 0.2) is 5.11 Å². The molecule has 1 rings (SSSR count). The van der Waals surface area contributed by atoms with E-state index in [1.807, 2.05) is 14.0 Å². The Labute approximate surface area is 110 Å². The maximum absolute atomic E-state index is 5.58. The molecule has 0 radical (unpaired) electrons. The van der Waals surface area contributed by atoms with E-state index in [-0.39, 0.29) is 0 Å². The van der Waals surface area contributed by atoms with Crippen molar-refractivity contribution in [3.05, 3.63) is 0 Å². The molecule has 1 unspecified atom stereocenters. The second-order valence-electron chi connectivity index (χ2n) is 4.30.